The van der Waals surface area contributed by atoms with Crippen LogP contribution in [0.25, 0.3) is 25.1 Å². The summed E-state index contributed by atoms with van der Waals surface area (Å²) in [5.74, 6) is -1.08. The van der Waals surface area contributed by atoms with Gasteiger partial charge in [0.1, 0.15) is 0 Å². The van der Waals surface area contributed by atoms with Gasteiger partial charge in [0.05, 0.1) is 0 Å². The number of aryl methyl sites for hydroxylation is 1. The summed E-state index contributed by atoms with van der Waals surface area (Å²) in [6.45, 7) is 27.1. The lowest BCUT2D eigenvalue weighted by atomic mass is 10.2. The van der Waals surface area contributed by atoms with Gasteiger partial charge >= 0.3 is 0 Å². The van der Waals surface area contributed by atoms with Crippen molar-refractivity contribution in [2.24, 2.45) is 0 Å². The Balaban J connectivity index is -0.000000123. The molecule has 0 fully saturated rings. The highest BCUT2D eigenvalue weighted by Crippen LogP contribution is 2.48. The molecule has 0 aliphatic rings. The monoisotopic (exact) mass is 546 g/mol. The molecule has 3 aromatic carbocycles. The lowest BCUT2D eigenvalue weighted by Crippen LogP contribution is -2.16. The van der Waals surface area contributed by atoms with E-state index >= 15 is 0 Å². The quantitative estimate of drug-likeness (QED) is 0.223. The summed E-state index contributed by atoms with van der Waals surface area (Å²) < 4.78 is 2.92. The number of thiophene rings is 1. The Labute approximate surface area is 241 Å². The average molecular weight is 547 g/mol. The predicted molar refractivity (Wildman–Crippen MR) is 182 cm³/mol. The van der Waals surface area contributed by atoms with Crippen LogP contribution in [0.2, 0.25) is 0 Å². The van der Waals surface area contributed by atoms with Crippen molar-refractivity contribution < 1.29 is 9.90 Å². The molecule has 0 spiro atoms. The number of carboxylic acids is 1. The minimum Gasteiger partial charge on any atom is -0.550 e. The maximum atomic E-state index is 8.89. The molecule has 0 N–H and O–H groups in total. The minimum absolute atomic E-state index is 0. The smallest absolute Gasteiger partial charge is 0.187 e. The SMILES string of the molecule is C.C.CC.CC.CC.CC.CC.CC.CC(=O)[O-].Cc1cccc(-[s+]2c3ccccc3c3ccccc32)c1. The molecule has 0 radical (unpaired) electrons. The Morgan fingerprint density at radius 2 is 0.895 bits per heavy atom. The van der Waals surface area contributed by atoms with Gasteiger partial charge in [-0.15, -0.1) is 0 Å². The van der Waals surface area contributed by atoms with Crippen LogP contribution >= 0.6 is 10.5 Å². The van der Waals surface area contributed by atoms with Crippen LogP contribution in [0.1, 0.15) is 110 Å². The van der Waals surface area contributed by atoms with E-state index in [4.69, 9.17) is 9.90 Å². The number of hydrogen-bond acceptors (Lipinski definition) is 2. The van der Waals surface area contributed by atoms with E-state index in [9.17, 15) is 0 Å². The maximum absolute atomic E-state index is 8.89. The van der Waals surface area contributed by atoms with Crippen LogP contribution in [0, 0.1) is 6.92 Å². The molecule has 3 heteroatoms. The summed E-state index contributed by atoms with van der Waals surface area (Å²) in [5.41, 5.74) is 1.33. The van der Waals surface area contributed by atoms with Gasteiger partial charge in [-0.2, -0.15) is 0 Å². The molecule has 4 rings (SSSR count). The number of carboxylic acid groups (broad SMARTS) is 1. The number of carbonyl (C=O) groups is 1. The van der Waals surface area contributed by atoms with Crippen molar-refractivity contribution in [3.63, 3.8) is 0 Å². The van der Waals surface area contributed by atoms with E-state index in [0.717, 1.165) is 6.92 Å². The molecule has 0 aliphatic heterocycles. The van der Waals surface area contributed by atoms with E-state index < -0.39 is 5.97 Å². The second-order valence-electron chi connectivity index (χ2n) is 5.61. The van der Waals surface area contributed by atoms with Crippen LogP contribution in [0.15, 0.2) is 72.8 Å². The van der Waals surface area contributed by atoms with Crippen molar-refractivity contribution in [1.29, 1.82) is 0 Å². The summed E-state index contributed by atoms with van der Waals surface area (Å²) in [5, 5.41) is 11.7. The Morgan fingerprint density at radius 3 is 1.21 bits per heavy atom. The molecule has 220 valence electrons. The van der Waals surface area contributed by atoms with Crippen molar-refractivity contribution in [1.82, 2.24) is 0 Å². The van der Waals surface area contributed by atoms with E-state index in [2.05, 4.69) is 79.7 Å². The van der Waals surface area contributed by atoms with Crippen molar-refractivity contribution in [3.8, 4) is 4.90 Å². The van der Waals surface area contributed by atoms with Crippen molar-refractivity contribution in [3.05, 3.63) is 78.4 Å². The molecule has 2 nitrogen and oxygen atoms in total. The molecule has 1 heterocycles. The first-order valence-corrected chi connectivity index (χ1v) is 15.0. The fourth-order valence-corrected chi connectivity index (χ4v) is 5.34. The Hall–Kier alpha value is -2.65. The molecule has 0 saturated heterocycles. The van der Waals surface area contributed by atoms with Gasteiger partial charge in [0, 0.05) is 33.3 Å². The first kappa shape index (κ1) is 48.4. The van der Waals surface area contributed by atoms with Gasteiger partial charge in [0.2, 0.25) is 0 Å². The van der Waals surface area contributed by atoms with Crippen LogP contribution in [0.5, 0.6) is 0 Å². The summed E-state index contributed by atoms with van der Waals surface area (Å²) in [6, 6.07) is 26.5. The van der Waals surface area contributed by atoms with E-state index in [0.29, 0.717) is 0 Å². The fourth-order valence-electron chi connectivity index (χ4n) is 2.85. The van der Waals surface area contributed by atoms with Gasteiger partial charge in [-0.3, -0.25) is 0 Å². The van der Waals surface area contributed by atoms with E-state index in [1.54, 1.807) is 0 Å². The maximum Gasteiger partial charge on any atom is 0.187 e. The summed E-state index contributed by atoms with van der Waals surface area (Å²) in [4.78, 5) is 10.3. The van der Waals surface area contributed by atoms with Crippen molar-refractivity contribution in [2.45, 2.75) is 112 Å². The molecule has 0 aliphatic carbocycles. The Bertz CT molecular complexity index is 959. The standard InChI is InChI=1S/C19H15S.C2H4O2.6C2H6.2CH4/c1-14-7-6-8-15(13-14)20-18-11-4-2-9-16(18)17-10-3-5-12-19(17)20;1-2(3)4;6*1-2;;/h2-13H,1H3;1H3,(H,3,4);6*1-2H3;2*1H4/q+1;;;;;;;;;/p-1. The lowest BCUT2D eigenvalue weighted by molar-refractivity contribution is -0.302. The molecular formula is C35H62O2S. The Morgan fingerprint density at radius 1 is 0.579 bits per heavy atom. The molecule has 1 aromatic heterocycles. The molecule has 0 atom stereocenters. The molecular weight excluding hydrogens is 484 g/mol. The molecule has 0 unspecified atom stereocenters. The number of carbonyl (C=O) groups excluding carboxylic acids is 1. The summed E-state index contributed by atoms with van der Waals surface area (Å²) in [6.07, 6.45) is 0. The van der Waals surface area contributed by atoms with Crippen LogP contribution in [-0.4, -0.2) is 5.97 Å². The fraction of sp³-hybridized carbons (Fsp3) is 0.457. The van der Waals surface area contributed by atoms with E-state index in [1.165, 1.54) is 30.6 Å². The van der Waals surface area contributed by atoms with Crippen LogP contribution < -0.4 is 5.11 Å². The summed E-state index contributed by atoms with van der Waals surface area (Å²) >= 11 is 0. The zero-order valence-electron chi connectivity index (χ0n) is 25.7. The number of hydrogen-bond donors (Lipinski definition) is 0. The van der Waals surface area contributed by atoms with E-state index in [-0.39, 0.29) is 25.3 Å². The van der Waals surface area contributed by atoms with Gasteiger partial charge in [-0.1, -0.05) is 134 Å². The second-order valence-corrected chi connectivity index (χ2v) is 7.57. The van der Waals surface area contributed by atoms with E-state index in [1.807, 2.05) is 83.1 Å². The highest BCUT2D eigenvalue weighted by Gasteiger charge is 2.22. The number of aliphatic carboxylic acids is 1. The van der Waals surface area contributed by atoms with Crippen molar-refractivity contribution in [2.75, 3.05) is 0 Å². The first-order valence-electron chi connectivity index (χ1n) is 13.7. The highest BCUT2D eigenvalue weighted by atomic mass is 32.2. The molecule has 0 saturated carbocycles. The van der Waals surface area contributed by atoms with Crippen molar-refractivity contribution >= 4 is 36.6 Å². The Kier molecular flexibility index (Phi) is 43.8. The highest BCUT2D eigenvalue weighted by molar-refractivity contribution is 7.50. The van der Waals surface area contributed by atoms with Gasteiger partial charge in [0.15, 0.2) is 14.3 Å². The molecule has 4 aromatic rings. The lowest BCUT2D eigenvalue weighted by Gasteiger charge is -1.95. The third-order valence-electron chi connectivity index (χ3n) is 3.73. The van der Waals surface area contributed by atoms with Crippen LogP contribution in [0.3, 0.4) is 0 Å². The third kappa shape index (κ3) is 17.0. The number of fused-ring (bicyclic) bond motifs is 3. The molecule has 0 bridgehead atoms. The van der Waals surface area contributed by atoms with Gasteiger partial charge < -0.3 is 9.90 Å². The third-order valence-corrected chi connectivity index (χ3v) is 6.05. The number of rotatable bonds is 1. The summed E-state index contributed by atoms with van der Waals surface area (Å²) in [7, 11) is 0.0492. The normalized spacial score (nSPS) is 7.53. The van der Waals surface area contributed by atoms with Gasteiger partial charge in [-0.05, 0) is 49.7 Å². The average Bonchev–Trinajstić information content (AvgIpc) is 3.30. The largest absolute Gasteiger partial charge is 0.550 e. The second kappa shape index (κ2) is 34.4. The van der Waals surface area contributed by atoms with Crippen LogP contribution in [-0.2, 0) is 4.79 Å². The zero-order chi connectivity index (χ0) is 29.1. The first-order chi connectivity index (χ1) is 17.6. The molecule has 0 amide bonds. The number of benzene rings is 3. The minimum atomic E-state index is -1.08. The molecule has 38 heavy (non-hydrogen) atoms. The van der Waals surface area contributed by atoms with Gasteiger partial charge in [0.25, 0.3) is 0 Å². The topological polar surface area (TPSA) is 40.1 Å². The van der Waals surface area contributed by atoms with Crippen LogP contribution in [0.4, 0.5) is 0 Å². The zero-order valence-corrected chi connectivity index (χ0v) is 26.5. The predicted octanol–water partition coefficient (Wildman–Crippen LogP) is 12.2. The van der Waals surface area contributed by atoms with Gasteiger partial charge in [-0.25, -0.2) is 0 Å².